The molecular weight excluding hydrogens is 386 g/mol. The normalized spacial score (nSPS) is 20.1. The van der Waals surface area contributed by atoms with Crippen LogP contribution >= 0.6 is 0 Å². The first-order valence-electron chi connectivity index (χ1n) is 10.5. The van der Waals surface area contributed by atoms with Crippen molar-refractivity contribution in [1.82, 2.24) is 15.5 Å². The van der Waals surface area contributed by atoms with Crippen LogP contribution in [-0.4, -0.2) is 57.4 Å². The van der Waals surface area contributed by atoms with Gasteiger partial charge in [-0.25, -0.2) is 9.59 Å². The van der Waals surface area contributed by atoms with Crippen molar-refractivity contribution in [3.8, 4) is 11.5 Å². The molecule has 0 unspecified atom stereocenters. The molecule has 2 N–H and O–H groups in total. The molecule has 2 aliphatic heterocycles. The van der Waals surface area contributed by atoms with E-state index in [-0.39, 0.29) is 12.6 Å². The molecule has 0 bridgehead atoms. The van der Waals surface area contributed by atoms with Crippen molar-refractivity contribution < 1.29 is 23.8 Å². The van der Waals surface area contributed by atoms with Crippen LogP contribution in [0.5, 0.6) is 11.5 Å². The molecule has 1 aromatic carbocycles. The van der Waals surface area contributed by atoms with Crippen LogP contribution in [0.3, 0.4) is 0 Å². The molecule has 3 rings (SSSR count). The van der Waals surface area contributed by atoms with E-state index in [9.17, 15) is 9.59 Å². The van der Waals surface area contributed by atoms with Crippen LogP contribution in [-0.2, 0) is 9.53 Å². The maximum Gasteiger partial charge on any atom is 0.338 e. The Hall–Kier alpha value is -2.74. The van der Waals surface area contributed by atoms with E-state index in [0.29, 0.717) is 29.3 Å². The second-order valence-electron chi connectivity index (χ2n) is 7.45. The van der Waals surface area contributed by atoms with Crippen molar-refractivity contribution in [1.29, 1.82) is 0 Å². The third-order valence-corrected chi connectivity index (χ3v) is 5.47. The third kappa shape index (κ3) is 5.05. The van der Waals surface area contributed by atoms with Gasteiger partial charge in [0, 0.05) is 12.2 Å². The maximum atomic E-state index is 12.9. The van der Waals surface area contributed by atoms with Crippen LogP contribution in [0, 0.1) is 0 Å². The number of urea groups is 1. The van der Waals surface area contributed by atoms with Crippen molar-refractivity contribution >= 4 is 12.0 Å². The van der Waals surface area contributed by atoms with E-state index in [2.05, 4.69) is 15.5 Å². The Morgan fingerprint density at radius 3 is 2.43 bits per heavy atom. The lowest BCUT2D eigenvalue weighted by molar-refractivity contribution is -0.139. The minimum atomic E-state index is -0.639. The monoisotopic (exact) mass is 417 g/mol. The number of rotatable bonds is 7. The highest BCUT2D eigenvalue weighted by atomic mass is 16.5. The topological polar surface area (TPSA) is 89.1 Å². The van der Waals surface area contributed by atoms with Crippen molar-refractivity contribution in [3.05, 3.63) is 35.0 Å². The first-order chi connectivity index (χ1) is 14.6. The minimum absolute atomic E-state index is 0.256. The highest BCUT2D eigenvalue weighted by Gasteiger charge is 2.34. The molecule has 1 atom stereocenters. The standard InChI is InChI=1S/C22H31N3O5/c1-4-30-21(26)19-16(14-25-11-7-5-6-8-12-25)23-22(27)24-20(19)15-9-10-17(28-2)18(13-15)29-3/h9-10,13,20H,4-8,11-12,14H2,1-3H3,(H2,23,24,27)/t20-/m1/s1. The Balaban J connectivity index is 2.00. The molecule has 164 valence electrons. The average Bonchev–Trinajstić information content (AvgIpc) is 3.01. The second kappa shape index (κ2) is 10.3. The van der Waals surface area contributed by atoms with Gasteiger partial charge in [-0.05, 0) is 50.6 Å². The zero-order valence-corrected chi connectivity index (χ0v) is 18.0. The van der Waals surface area contributed by atoms with Crippen molar-refractivity contribution in [2.24, 2.45) is 0 Å². The van der Waals surface area contributed by atoms with Gasteiger partial charge in [-0.1, -0.05) is 18.9 Å². The number of carbonyl (C=O) groups is 2. The number of nitrogens with zero attached hydrogens (tertiary/aromatic N) is 1. The number of methoxy groups -OCH3 is 2. The van der Waals surface area contributed by atoms with Crippen LogP contribution in [0.15, 0.2) is 29.5 Å². The van der Waals surface area contributed by atoms with Crippen molar-refractivity contribution in [3.63, 3.8) is 0 Å². The summed E-state index contributed by atoms with van der Waals surface area (Å²) < 4.78 is 16.1. The van der Waals surface area contributed by atoms with E-state index >= 15 is 0 Å². The number of likely N-dealkylation sites (tertiary alicyclic amines) is 1. The molecule has 8 heteroatoms. The summed E-state index contributed by atoms with van der Waals surface area (Å²) in [5.74, 6) is 0.669. The van der Waals surface area contributed by atoms with Crippen molar-refractivity contribution in [2.45, 2.75) is 38.6 Å². The summed E-state index contributed by atoms with van der Waals surface area (Å²) in [5, 5.41) is 5.72. The third-order valence-electron chi connectivity index (χ3n) is 5.47. The lowest BCUT2D eigenvalue weighted by atomic mass is 9.94. The molecule has 2 heterocycles. The van der Waals surface area contributed by atoms with Gasteiger partial charge in [0.05, 0.1) is 32.4 Å². The number of nitrogens with one attached hydrogen (secondary N) is 2. The fourth-order valence-corrected chi connectivity index (χ4v) is 3.99. The average molecular weight is 418 g/mol. The molecule has 1 aromatic rings. The zero-order chi connectivity index (χ0) is 21.5. The summed E-state index contributed by atoms with van der Waals surface area (Å²) in [6, 6.07) is 4.38. The molecule has 0 aliphatic carbocycles. The minimum Gasteiger partial charge on any atom is -0.493 e. The molecule has 0 saturated carbocycles. The molecule has 2 aliphatic rings. The second-order valence-corrected chi connectivity index (χ2v) is 7.45. The van der Waals surface area contributed by atoms with E-state index in [1.807, 2.05) is 6.07 Å². The van der Waals surface area contributed by atoms with E-state index in [0.717, 1.165) is 31.5 Å². The summed E-state index contributed by atoms with van der Waals surface area (Å²) >= 11 is 0. The summed E-state index contributed by atoms with van der Waals surface area (Å²) in [4.78, 5) is 27.7. The first kappa shape index (κ1) is 22.0. The van der Waals surface area contributed by atoms with Crippen LogP contribution in [0.4, 0.5) is 4.79 Å². The summed E-state index contributed by atoms with van der Waals surface area (Å²) in [6.07, 6.45) is 4.66. The van der Waals surface area contributed by atoms with E-state index < -0.39 is 12.0 Å². The maximum absolute atomic E-state index is 12.9. The highest BCUT2D eigenvalue weighted by Crippen LogP contribution is 2.34. The molecule has 1 fully saturated rings. The first-order valence-corrected chi connectivity index (χ1v) is 10.5. The molecule has 1 saturated heterocycles. The molecule has 0 spiro atoms. The molecule has 0 aromatic heterocycles. The number of amides is 2. The molecule has 2 amide bonds. The predicted octanol–water partition coefficient (Wildman–Crippen LogP) is 2.75. The van der Waals surface area contributed by atoms with E-state index in [1.54, 1.807) is 33.3 Å². The van der Waals surface area contributed by atoms with E-state index in [4.69, 9.17) is 14.2 Å². The Morgan fingerprint density at radius 2 is 1.80 bits per heavy atom. The van der Waals surface area contributed by atoms with Crippen LogP contribution < -0.4 is 20.1 Å². The summed E-state index contributed by atoms with van der Waals surface area (Å²) in [6.45, 7) is 4.43. The number of hydrogen-bond donors (Lipinski definition) is 2. The Labute approximate surface area is 177 Å². The van der Waals surface area contributed by atoms with Crippen LogP contribution in [0.1, 0.15) is 44.2 Å². The van der Waals surface area contributed by atoms with Gasteiger partial charge in [0.15, 0.2) is 11.5 Å². The molecule has 30 heavy (non-hydrogen) atoms. The van der Waals surface area contributed by atoms with Crippen molar-refractivity contribution in [2.75, 3.05) is 40.5 Å². The van der Waals surface area contributed by atoms with Gasteiger partial charge in [0.2, 0.25) is 0 Å². The fourth-order valence-electron chi connectivity index (χ4n) is 3.99. The molecule has 0 radical (unpaired) electrons. The smallest absolute Gasteiger partial charge is 0.338 e. The number of esters is 1. The number of ether oxygens (including phenoxy) is 3. The van der Waals surface area contributed by atoms with Gasteiger partial charge in [-0.15, -0.1) is 0 Å². The van der Waals surface area contributed by atoms with Gasteiger partial charge in [0.1, 0.15) is 0 Å². The van der Waals surface area contributed by atoms with Crippen LogP contribution in [0.25, 0.3) is 0 Å². The summed E-state index contributed by atoms with van der Waals surface area (Å²) in [5.41, 5.74) is 1.74. The summed E-state index contributed by atoms with van der Waals surface area (Å²) in [7, 11) is 3.11. The Morgan fingerprint density at radius 1 is 1.10 bits per heavy atom. The Bertz CT molecular complexity index is 800. The zero-order valence-electron chi connectivity index (χ0n) is 18.0. The fraction of sp³-hybridized carbons (Fsp3) is 0.545. The number of hydrogen-bond acceptors (Lipinski definition) is 6. The highest BCUT2D eigenvalue weighted by molar-refractivity contribution is 5.95. The largest absolute Gasteiger partial charge is 0.493 e. The van der Waals surface area contributed by atoms with Gasteiger partial charge in [-0.3, -0.25) is 4.90 Å². The van der Waals surface area contributed by atoms with Gasteiger partial charge in [-0.2, -0.15) is 0 Å². The predicted molar refractivity (Wildman–Crippen MR) is 113 cm³/mol. The van der Waals surface area contributed by atoms with Gasteiger partial charge in [0.25, 0.3) is 0 Å². The number of benzene rings is 1. The SMILES string of the molecule is CCOC(=O)C1=C(CN2CCCCCC2)NC(=O)N[C@@H]1c1ccc(OC)c(OC)c1. The molecule has 8 nitrogen and oxygen atoms in total. The van der Waals surface area contributed by atoms with Crippen LogP contribution in [0.2, 0.25) is 0 Å². The molecular formula is C22H31N3O5. The van der Waals surface area contributed by atoms with Gasteiger partial charge >= 0.3 is 12.0 Å². The quantitative estimate of drug-likeness (QED) is 0.663. The lowest BCUT2D eigenvalue weighted by Gasteiger charge is -2.32. The number of carbonyl (C=O) groups excluding carboxylic acids is 2. The van der Waals surface area contributed by atoms with E-state index in [1.165, 1.54) is 12.8 Å². The lowest BCUT2D eigenvalue weighted by Crippen LogP contribution is -2.48. The van der Waals surface area contributed by atoms with Gasteiger partial charge < -0.3 is 24.8 Å². The Kier molecular flexibility index (Phi) is 7.57.